The summed E-state index contributed by atoms with van der Waals surface area (Å²) in [6.07, 6.45) is -1.39. The molecule has 4 amide bonds. The molecule has 0 spiro atoms. The van der Waals surface area contributed by atoms with Crippen LogP contribution < -0.4 is 16.4 Å². The average Bonchev–Trinajstić information content (AvgIpc) is 3.16. The molecule has 1 unspecified atom stereocenters. The van der Waals surface area contributed by atoms with Crippen molar-refractivity contribution in [2.75, 3.05) is 31.5 Å². The van der Waals surface area contributed by atoms with Gasteiger partial charge >= 0.3 is 6.03 Å². The highest BCUT2D eigenvalue weighted by Gasteiger charge is 2.43. The van der Waals surface area contributed by atoms with Gasteiger partial charge in [0.2, 0.25) is 0 Å². The van der Waals surface area contributed by atoms with Crippen LogP contribution in [0, 0.1) is 17.5 Å². The van der Waals surface area contributed by atoms with Crippen LogP contribution in [0.4, 0.5) is 23.7 Å². The van der Waals surface area contributed by atoms with Gasteiger partial charge in [0, 0.05) is 43.5 Å². The molecule has 4 N–H and O–H groups in total. The van der Waals surface area contributed by atoms with Gasteiger partial charge in [0.25, 0.3) is 11.8 Å². The maximum atomic E-state index is 13.6. The Morgan fingerprint density at radius 2 is 1.65 bits per heavy atom. The molecule has 31 heavy (non-hydrogen) atoms. The molecule has 1 fully saturated rings. The number of urea groups is 1. The van der Waals surface area contributed by atoms with Gasteiger partial charge in [-0.1, -0.05) is 6.07 Å². The lowest BCUT2D eigenvalue weighted by Crippen LogP contribution is -2.55. The van der Waals surface area contributed by atoms with Gasteiger partial charge in [-0.2, -0.15) is 0 Å². The zero-order valence-electron chi connectivity index (χ0n) is 16.3. The maximum Gasteiger partial charge on any atom is 0.323 e. The SMILES string of the molecule is NCCNC(=O)C1N(C(=O)Nc2cccc(F)c2)CCN1C(=O)c1cc(F)cc(F)c1. The fraction of sp³-hybridized carbons (Fsp3) is 0.250. The van der Waals surface area contributed by atoms with Crippen molar-refractivity contribution < 1.29 is 27.6 Å². The minimum atomic E-state index is -1.39. The highest BCUT2D eigenvalue weighted by Crippen LogP contribution is 2.21. The molecule has 1 aliphatic heterocycles. The summed E-state index contributed by atoms with van der Waals surface area (Å²) in [4.78, 5) is 40.5. The van der Waals surface area contributed by atoms with Gasteiger partial charge in [-0.05, 0) is 30.3 Å². The molecule has 1 heterocycles. The number of benzene rings is 2. The van der Waals surface area contributed by atoms with Crippen molar-refractivity contribution in [1.82, 2.24) is 15.1 Å². The van der Waals surface area contributed by atoms with E-state index < -0.39 is 41.5 Å². The molecule has 1 saturated heterocycles. The van der Waals surface area contributed by atoms with Crippen LogP contribution >= 0.6 is 0 Å². The minimum Gasteiger partial charge on any atom is -0.351 e. The molecule has 2 aromatic rings. The second-order valence-corrected chi connectivity index (χ2v) is 6.74. The Hall–Kier alpha value is -3.60. The van der Waals surface area contributed by atoms with Gasteiger partial charge in [-0.15, -0.1) is 0 Å². The summed E-state index contributed by atoms with van der Waals surface area (Å²) in [7, 11) is 0. The Morgan fingerprint density at radius 3 is 2.29 bits per heavy atom. The fourth-order valence-corrected chi connectivity index (χ4v) is 3.23. The predicted octanol–water partition coefficient (Wildman–Crippen LogP) is 1.49. The average molecular weight is 435 g/mol. The van der Waals surface area contributed by atoms with E-state index in [1.165, 1.54) is 18.2 Å². The molecule has 0 bridgehead atoms. The van der Waals surface area contributed by atoms with E-state index in [9.17, 15) is 27.6 Å². The Labute approximate surface area is 175 Å². The first-order chi connectivity index (χ1) is 14.8. The highest BCUT2D eigenvalue weighted by molar-refractivity contribution is 6.00. The van der Waals surface area contributed by atoms with Crippen molar-refractivity contribution in [2.24, 2.45) is 5.73 Å². The normalized spacial score (nSPS) is 15.7. The summed E-state index contributed by atoms with van der Waals surface area (Å²) in [5.41, 5.74) is 5.25. The smallest absolute Gasteiger partial charge is 0.323 e. The molecular weight excluding hydrogens is 415 g/mol. The number of carbonyl (C=O) groups excluding carboxylic acids is 3. The van der Waals surface area contributed by atoms with E-state index >= 15 is 0 Å². The van der Waals surface area contributed by atoms with Crippen LogP contribution in [0.1, 0.15) is 10.4 Å². The van der Waals surface area contributed by atoms with E-state index in [0.717, 1.165) is 28.0 Å². The highest BCUT2D eigenvalue weighted by atomic mass is 19.1. The van der Waals surface area contributed by atoms with Crippen LogP contribution in [0.25, 0.3) is 0 Å². The number of rotatable bonds is 5. The third kappa shape index (κ3) is 5.12. The summed E-state index contributed by atoms with van der Waals surface area (Å²) >= 11 is 0. The number of nitrogens with zero attached hydrogens (tertiary/aromatic N) is 2. The third-order valence-electron chi connectivity index (χ3n) is 4.56. The molecular formula is C20H20F3N5O3. The zero-order valence-corrected chi connectivity index (χ0v) is 16.3. The predicted molar refractivity (Wildman–Crippen MR) is 105 cm³/mol. The molecule has 0 aliphatic carbocycles. The summed E-state index contributed by atoms with van der Waals surface area (Å²) < 4.78 is 40.5. The largest absolute Gasteiger partial charge is 0.351 e. The fourth-order valence-electron chi connectivity index (χ4n) is 3.23. The molecule has 11 heteroatoms. The van der Waals surface area contributed by atoms with Gasteiger partial charge in [-0.25, -0.2) is 18.0 Å². The first-order valence-electron chi connectivity index (χ1n) is 9.38. The van der Waals surface area contributed by atoms with Crippen LogP contribution in [-0.4, -0.2) is 60.0 Å². The zero-order chi connectivity index (χ0) is 22.5. The van der Waals surface area contributed by atoms with Crippen molar-refractivity contribution in [3.63, 3.8) is 0 Å². The van der Waals surface area contributed by atoms with Crippen molar-refractivity contribution in [2.45, 2.75) is 6.17 Å². The number of carbonyl (C=O) groups is 3. The number of nitrogens with one attached hydrogen (secondary N) is 2. The lowest BCUT2D eigenvalue weighted by Gasteiger charge is -2.29. The first-order valence-corrected chi connectivity index (χ1v) is 9.38. The van der Waals surface area contributed by atoms with Gasteiger partial charge in [0.05, 0.1) is 0 Å². The van der Waals surface area contributed by atoms with Crippen LogP contribution in [0.15, 0.2) is 42.5 Å². The standard InChI is InChI=1S/C20H20F3N5O3/c21-13-2-1-3-16(11-13)26-20(31)28-7-6-27(18(28)17(29)25-5-4-24)19(30)12-8-14(22)10-15(23)9-12/h1-3,8-11,18H,4-7,24H2,(H,25,29)(H,26,31). The monoisotopic (exact) mass is 435 g/mol. The number of hydrogen-bond donors (Lipinski definition) is 3. The molecule has 3 rings (SSSR count). The molecule has 0 saturated carbocycles. The van der Waals surface area contributed by atoms with E-state index in [-0.39, 0.29) is 37.4 Å². The van der Waals surface area contributed by atoms with E-state index in [1.54, 1.807) is 0 Å². The summed E-state index contributed by atoms with van der Waals surface area (Å²) in [5, 5.41) is 4.97. The Bertz CT molecular complexity index is 984. The number of amides is 4. The van der Waals surface area contributed by atoms with Crippen LogP contribution in [0.2, 0.25) is 0 Å². The lowest BCUT2D eigenvalue weighted by molar-refractivity contribution is -0.127. The van der Waals surface area contributed by atoms with Gasteiger partial charge in [0.1, 0.15) is 17.5 Å². The van der Waals surface area contributed by atoms with Crippen molar-refractivity contribution in [3.05, 3.63) is 65.5 Å². The molecule has 0 radical (unpaired) electrons. The van der Waals surface area contributed by atoms with E-state index in [1.807, 2.05) is 0 Å². The molecule has 1 atom stereocenters. The van der Waals surface area contributed by atoms with Crippen molar-refractivity contribution >= 4 is 23.5 Å². The van der Waals surface area contributed by atoms with Gasteiger partial charge in [-0.3, -0.25) is 14.5 Å². The van der Waals surface area contributed by atoms with Gasteiger partial charge in [0.15, 0.2) is 6.17 Å². The topological polar surface area (TPSA) is 108 Å². The molecule has 8 nitrogen and oxygen atoms in total. The molecule has 0 aromatic heterocycles. The quantitative estimate of drug-likeness (QED) is 0.662. The lowest BCUT2D eigenvalue weighted by atomic mass is 10.2. The number of halogens is 3. The second-order valence-electron chi connectivity index (χ2n) is 6.74. The number of anilines is 1. The Kier molecular flexibility index (Phi) is 6.75. The molecule has 164 valence electrons. The minimum absolute atomic E-state index is 0.0363. The van der Waals surface area contributed by atoms with E-state index in [4.69, 9.17) is 5.73 Å². The van der Waals surface area contributed by atoms with E-state index in [2.05, 4.69) is 10.6 Å². The summed E-state index contributed by atoms with van der Waals surface area (Å²) in [6.45, 7) is 0.113. The Morgan fingerprint density at radius 1 is 0.968 bits per heavy atom. The van der Waals surface area contributed by atoms with Crippen LogP contribution in [-0.2, 0) is 4.79 Å². The van der Waals surface area contributed by atoms with Crippen LogP contribution in [0.5, 0.6) is 0 Å². The maximum absolute atomic E-state index is 13.6. The number of nitrogens with two attached hydrogens (primary N) is 1. The van der Waals surface area contributed by atoms with Crippen molar-refractivity contribution in [1.29, 1.82) is 0 Å². The Balaban J connectivity index is 1.86. The van der Waals surface area contributed by atoms with Gasteiger partial charge < -0.3 is 21.3 Å². The molecule has 2 aromatic carbocycles. The number of hydrogen-bond acceptors (Lipinski definition) is 4. The summed E-state index contributed by atoms with van der Waals surface area (Å²) in [5.74, 6) is -3.99. The van der Waals surface area contributed by atoms with E-state index in [0.29, 0.717) is 6.07 Å². The first kappa shape index (κ1) is 22.1. The molecule has 1 aliphatic rings. The second kappa shape index (κ2) is 9.47. The van der Waals surface area contributed by atoms with Crippen molar-refractivity contribution in [3.8, 4) is 0 Å². The third-order valence-corrected chi connectivity index (χ3v) is 4.56. The van der Waals surface area contributed by atoms with Crippen LogP contribution in [0.3, 0.4) is 0 Å². The summed E-state index contributed by atoms with van der Waals surface area (Å²) in [6, 6.07) is 6.70.